The molecule has 0 aliphatic carbocycles. The van der Waals surface area contributed by atoms with Gasteiger partial charge in [0.15, 0.2) is 11.5 Å². The summed E-state index contributed by atoms with van der Waals surface area (Å²) >= 11 is 0. The van der Waals surface area contributed by atoms with Crippen molar-refractivity contribution in [3.63, 3.8) is 0 Å². The molecule has 0 unspecified atom stereocenters. The van der Waals surface area contributed by atoms with Crippen molar-refractivity contribution in [3.8, 4) is 17.2 Å². The van der Waals surface area contributed by atoms with Crippen molar-refractivity contribution < 1.29 is 51.2 Å². The van der Waals surface area contributed by atoms with Gasteiger partial charge in [0.25, 0.3) is 0 Å². The van der Waals surface area contributed by atoms with Crippen LogP contribution in [0.1, 0.15) is 32.0 Å². The smallest absolute Gasteiger partial charge is 0.402 e. The fourth-order valence-electron chi connectivity index (χ4n) is 2.75. The lowest BCUT2D eigenvalue weighted by Crippen LogP contribution is -3.00. The van der Waals surface area contributed by atoms with Gasteiger partial charge in [0, 0.05) is 23.8 Å². The van der Waals surface area contributed by atoms with Gasteiger partial charge < -0.3 is 37.2 Å². The highest BCUT2D eigenvalue weighted by atomic mass is 35.5. The van der Waals surface area contributed by atoms with Gasteiger partial charge in [0.1, 0.15) is 0 Å². The highest BCUT2D eigenvalue weighted by molar-refractivity contribution is 5.95. The Morgan fingerprint density at radius 2 is 1.50 bits per heavy atom. The van der Waals surface area contributed by atoms with E-state index in [0.717, 1.165) is 0 Å². The predicted molar refractivity (Wildman–Crippen MR) is 105 cm³/mol. The molecule has 30 heavy (non-hydrogen) atoms. The monoisotopic (exact) mass is 432 g/mol. The summed E-state index contributed by atoms with van der Waals surface area (Å²) in [4.78, 5) is 22.5. The number of ether oxygens (including phenoxy) is 2. The molecule has 156 valence electrons. The Balaban J connectivity index is 0.00000320. The summed E-state index contributed by atoms with van der Waals surface area (Å²) in [5, 5.41) is 29.2. The molecule has 0 aliphatic heterocycles. The maximum Gasteiger partial charge on any atom is 0.402 e. The molecule has 0 saturated heterocycles. The third-order valence-electron chi connectivity index (χ3n) is 4.20. The van der Waals surface area contributed by atoms with E-state index in [1.54, 1.807) is 12.1 Å². The van der Waals surface area contributed by atoms with E-state index in [1.807, 2.05) is 0 Å². The Bertz CT molecular complexity index is 1150. The first-order valence-electron chi connectivity index (χ1n) is 8.34. The zero-order chi connectivity index (χ0) is 21.1. The molecule has 0 fully saturated rings. The number of hydrogen-bond acceptors (Lipinski definition) is 5. The van der Waals surface area contributed by atoms with E-state index in [-0.39, 0.29) is 46.3 Å². The van der Waals surface area contributed by atoms with Gasteiger partial charge in [-0.15, -0.1) is 0 Å². The third kappa shape index (κ3) is 4.44. The van der Waals surface area contributed by atoms with E-state index in [0.29, 0.717) is 16.7 Å². The molecule has 9 heteroatoms. The molecular weight excluding hydrogens is 416 g/mol. The number of phenolic OH excluding ortho intramolecular Hbond substituents is 1. The first-order valence-corrected chi connectivity index (χ1v) is 8.34. The molecule has 0 spiro atoms. The number of methoxy groups -OCH3 is 2. The average molecular weight is 433 g/mol. The Morgan fingerprint density at radius 1 is 0.900 bits per heavy atom. The lowest BCUT2D eigenvalue weighted by molar-refractivity contribution is -0.0000378. The molecular formula is C21H17ClO8. The summed E-state index contributed by atoms with van der Waals surface area (Å²) in [7, 11) is 2.73. The number of carboxylic acids is 2. The zero-order valence-corrected chi connectivity index (χ0v) is 16.6. The van der Waals surface area contributed by atoms with Gasteiger partial charge in [-0.3, -0.25) is 0 Å². The normalized spacial score (nSPS) is 10.6. The van der Waals surface area contributed by atoms with Gasteiger partial charge >= 0.3 is 23.3 Å². The maximum atomic E-state index is 11.3. The summed E-state index contributed by atoms with van der Waals surface area (Å²) in [5.74, 6) is -1.80. The Kier molecular flexibility index (Phi) is 6.86. The van der Waals surface area contributed by atoms with Crippen LogP contribution in [-0.4, -0.2) is 41.5 Å². The van der Waals surface area contributed by atoms with Crippen molar-refractivity contribution in [2.24, 2.45) is 0 Å². The van der Waals surface area contributed by atoms with E-state index in [4.69, 9.17) is 13.9 Å². The van der Waals surface area contributed by atoms with Crippen molar-refractivity contribution >= 4 is 35.1 Å². The number of rotatable bonds is 6. The number of benzene rings is 2. The Morgan fingerprint density at radius 3 is 2.10 bits per heavy atom. The number of fused-ring (bicyclic) bond motifs is 1. The molecule has 0 aliphatic rings. The molecule has 0 bridgehead atoms. The molecule has 3 rings (SSSR count). The molecule has 1 aromatic heterocycles. The predicted octanol–water partition coefficient (Wildman–Crippen LogP) is 1.01. The fourth-order valence-corrected chi connectivity index (χ4v) is 2.75. The number of phenols is 1. The van der Waals surface area contributed by atoms with Gasteiger partial charge in [-0.25, -0.2) is 14.0 Å². The van der Waals surface area contributed by atoms with Gasteiger partial charge in [0.05, 0.1) is 30.7 Å². The molecule has 1 heterocycles. The van der Waals surface area contributed by atoms with Crippen LogP contribution >= 0.6 is 0 Å². The minimum atomic E-state index is -1.16. The number of aromatic hydroxyl groups is 1. The summed E-state index contributed by atoms with van der Waals surface area (Å²) in [6.45, 7) is 0. The van der Waals surface area contributed by atoms with Crippen LogP contribution in [0.5, 0.6) is 17.2 Å². The van der Waals surface area contributed by atoms with E-state index < -0.39 is 11.9 Å². The fraction of sp³-hybridized carbons (Fsp3) is 0.0952. The SMILES string of the molecule is COc1cc(C(=O)O)cc(/C=C/c2ccc3cc(C(=O)O)cc(OC)c3[o+]2)c1O.[Cl-]. The second-order valence-corrected chi connectivity index (χ2v) is 5.99. The minimum Gasteiger partial charge on any atom is -1.00 e. The number of carboxylic acid groups (broad SMARTS) is 2. The van der Waals surface area contributed by atoms with Crippen LogP contribution in [0.2, 0.25) is 0 Å². The largest absolute Gasteiger partial charge is 1.00 e. The van der Waals surface area contributed by atoms with Gasteiger partial charge in [0.2, 0.25) is 5.75 Å². The topological polar surface area (TPSA) is 125 Å². The third-order valence-corrected chi connectivity index (χ3v) is 4.20. The van der Waals surface area contributed by atoms with Crippen molar-refractivity contribution in [2.75, 3.05) is 14.2 Å². The summed E-state index contributed by atoms with van der Waals surface area (Å²) in [5.41, 5.74) is 0.596. The second kappa shape index (κ2) is 9.15. The standard InChI is InChI=1S/C21H16O8.ClH/c1-27-16-9-13(20(23)24)7-11(18(16)22)3-5-15-6-4-12-8-14(21(25)26)10-17(28-2)19(12)29-15;/h3-10H,1-2H3,(H2-,22,23,24,25,26);1H/b5-3+;. The van der Waals surface area contributed by atoms with Crippen LogP contribution in [0.3, 0.4) is 0 Å². The molecule has 3 N–H and O–H groups in total. The van der Waals surface area contributed by atoms with Gasteiger partial charge in [-0.2, -0.15) is 0 Å². The highest BCUT2D eigenvalue weighted by Crippen LogP contribution is 2.33. The first kappa shape index (κ1) is 22.5. The molecule has 0 radical (unpaired) electrons. The van der Waals surface area contributed by atoms with E-state index in [1.165, 1.54) is 50.6 Å². The first-order chi connectivity index (χ1) is 13.8. The van der Waals surface area contributed by atoms with Crippen LogP contribution in [0.15, 0.2) is 40.8 Å². The number of hydrogen-bond donors (Lipinski definition) is 3. The van der Waals surface area contributed by atoms with E-state index in [2.05, 4.69) is 0 Å². The van der Waals surface area contributed by atoms with E-state index >= 15 is 0 Å². The molecule has 8 nitrogen and oxygen atoms in total. The van der Waals surface area contributed by atoms with Crippen molar-refractivity contribution in [1.29, 1.82) is 0 Å². The molecule has 2 aromatic carbocycles. The van der Waals surface area contributed by atoms with Crippen LogP contribution in [0, 0.1) is 0 Å². The van der Waals surface area contributed by atoms with Gasteiger partial charge in [-0.1, -0.05) is 0 Å². The number of aromatic carboxylic acids is 2. The summed E-state index contributed by atoms with van der Waals surface area (Å²) in [6, 6.07) is 8.62. The van der Waals surface area contributed by atoms with Crippen LogP contribution in [0.25, 0.3) is 23.1 Å². The summed E-state index contributed by atoms with van der Waals surface area (Å²) in [6.07, 6.45) is 3.01. The summed E-state index contributed by atoms with van der Waals surface area (Å²) < 4.78 is 16.0. The Hall–Kier alpha value is -3.78. The van der Waals surface area contributed by atoms with Crippen molar-refractivity contribution in [3.05, 3.63) is 58.8 Å². The Labute approximate surface area is 177 Å². The average Bonchev–Trinajstić information content (AvgIpc) is 2.71. The minimum absolute atomic E-state index is 0. The lowest BCUT2D eigenvalue weighted by atomic mass is 10.1. The van der Waals surface area contributed by atoms with E-state index in [9.17, 15) is 24.9 Å². The lowest BCUT2D eigenvalue weighted by Gasteiger charge is -2.07. The van der Waals surface area contributed by atoms with Gasteiger partial charge in [-0.05, 0) is 30.3 Å². The van der Waals surface area contributed by atoms with Crippen LogP contribution in [0.4, 0.5) is 0 Å². The zero-order valence-electron chi connectivity index (χ0n) is 15.9. The highest BCUT2D eigenvalue weighted by Gasteiger charge is 2.20. The number of halogens is 1. The molecule has 0 amide bonds. The quantitative estimate of drug-likeness (QED) is 0.493. The van der Waals surface area contributed by atoms with Crippen molar-refractivity contribution in [1.82, 2.24) is 0 Å². The maximum absolute atomic E-state index is 11.3. The second-order valence-electron chi connectivity index (χ2n) is 5.99. The number of carbonyl (C=O) groups is 2. The molecule has 3 aromatic rings. The van der Waals surface area contributed by atoms with Crippen LogP contribution in [-0.2, 0) is 0 Å². The van der Waals surface area contributed by atoms with Crippen LogP contribution < -0.4 is 21.9 Å². The molecule has 0 saturated carbocycles. The van der Waals surface area contributed by atoms with Crippen molar-refractivity contribution in [2.45, 2.75) is 0 Å². The molecule has 0 atom stereocenters.